The molecule has 0 aliphatic carbocycles. The van der Waals surface area contributed by atoms with Gasteiger partial charge in [0.2, 0.25) is 5.91 Å². The SMILES string of the molecule is CC(=O)N1CCC(N2CCC2C(=O)O)CC1.[LiH]. The first-order valence-corrected chi connectivity index (χ1v) is 5.83. The molecule has 2 rings (SSSR count). The first-order valence-electron chi connectivity index (χ1n) is 5.83. The summed E-state index contributed by atoms with van der Waals surface area (Å²) in [7, 11) is 0. The zero-order chi connectivity index (χ0) is 11.7. The van der Waals surface area contributed by atoms with E-state index in [1.807, 2.05) is 4.90 Å². The number of amides is 1. The van der Waals surface area contributed by atoms with Gasteiger partial charge < -0.3 is 10.0 Å². The van der Waals surface area contributed by atoms with E-state index >= 15 is 0 Å². The summed E-state index contributed by atoms with van der Waals surface area (Å²) in [6.07, 6.45) is 2.58. The van der Waals surface area contributed by atoms with Crippen molar-refractivity contribution in [3.05, 3.63) is 0 Å². The Kier molecular flexibility index (Phi) is 5.05. The quantitative estimate of drug-likeness (QED) is 0.655. The molecule has 1 atom stereocenters. The molecule has 2 aliphatic rings. The molecular weight excluding hydrogens is 215 g/mol. The number of hydrogen-bond donors (Lipinski definition) is 1. The Labute approximate surface area is 113 Å². The van der Waals surface area contributed by atoms with Gasteiger partial charge in [0.05, 0.1) is 0 Å². The van der Waals surface area contributed by atoms with Gasteiger partial charge in [0.15, 0.2) is 0 Å². The molecule has 0 aromatic rings. The molecule has 1 amide bonds. The van der Waals surface area contributed by atoms with Crippen LogP contribution in [0.25, 0.3) is 0 Å². The molecule has 2 fully saturated rings. The summed E-state index contributed by atoms with van der Waals surface area (Å²) in [6, 6.07) is 0.0688. The van der Waals surface area contributed by atoms with Crippen LogP contribution in [0.2, 0.25) is 0 Å². The van der Waals surface area contributed by atoms with Crippen LogP contribution in [0.4, 0.5) is 0 Å². The summed E-state index contributed by atoms with van der Waals surface area (Å²) >= 11 is 0. The normalized spacial score (nSPS) is 25.9. The Balaban J connectivity index is 0.00000144. The first kappa shape index (κ1) is 14.6. The molecular formula is C11H19LiN2O3. The van der Waals surface area contributed by atoms with E-state index in [0.29, 0.717) is 6.04 Å². The summed E-state index contributed by atoms with van der Waals surface area (Å²) in [4.78, 5) is 26.0. The number of carboxylic acids is 1. The first-order chi connectivity index (χ1) is 7.59. The van der Waals surface area contributed by atoms with E-state index in [1.54, 1.807) is 6.92 Å². The summed E-state index contributed by atoms with van der Waals surface area (Å²) in [5.41, 5.74) is 0. The van der Waals surface area contributed by atoms with Gasteiger partial charge in [-0.25, -0.2) is 0 Å². The fourth-order valence-electron chi connectivity index (χ4n) is 2.62. The van der Waals surface area contributed by atoms with Gasteiger partial charge in [-0.1, -0.05) is 0 Å². The molecule has 2 aliphatic heterocycles. The number of carboxylic acid groups (broad SMARTS) is 1. The van der Waals surface area contributed by atoms with Crippen LogP contribution in [0.5, 0.6) is 0 Å². The summed E-state index contributed by atoms with van der Waals surface area (Å²) in [5.74, 6) is -0.586. The van der Waals surface area contributed by atoms with Gasteiger partial charge >= 0.3 is 24.8 Å². The summed E-state index contributed by atoms with van der Waals surface area (Å²) < 4.78 is 0. The zero-order valence-corrected chi connectivity index (χ0v) is 9.56. The van der Waals surface area contributed by atoms with Crippen LogP contribution in [0.1, 0.15) is 26.2 Å². The second-order valence-electron chi connectivity index (χ2n) is 4.62. The van der Waals surface area contributed by atoms with Gasteiger partial charge in [-0.05, 0) is 19.3 Å². The van der Waals surface area contributed by atoms with Gasteiger partial charge in [-0.15, -0.1) is 0 Å². The maximum atomic E-state index is 11.1. The number of likely N-dealkylation sites (tertiary alicyclic amines) is 2. The van der Waals surface area contributed by atoms with Crippen molar-refractivity contribution >= 4 is 30.7 Å². The zero-order valence-electron chi connectivity index (χ0n) is 9.56. The molecule has 0 radical (unpaired) electrons. The van der Waals surface area contributed by atoms with Crippen LogP contribution >= 0.6 is 0 Å². The predicted octanol–water partition coefficient (Wildman–Crippen LogP) is -0.492. The van der Waals surface area contributed by atoms with E-state index < -0.39 is 5.97 Å². The molecule has 2 saturated heterocycles. The van der Waals surface area contributed by atoms with Crippen LogP contribution in [0.15, 0.2) is 0 Å². The number of aliphatic carboxylic acids is 1. The van der Waals surface area contributed by atoms with Crippen molar-refractivity contribution in [1.29, 1.82) is 0 Å². The summed E-state index contributed by atoms with van der Waals surface area (Å²) in [6.45, 7) is 4.01. The second kappa shape index (κ2) is 5.90. The minimum atomic E-state index is -0.708. The molecule has 2 heterocycles. The Morgan fingerprint density at radius 3 is 2.06 bits per heavy atom. The van der Waals surface area contributed by atoms with Crippen LogP contribution < -0.4 is 0 Å². The standard InChI is InChI=1S/C11H18N2O3.Li.H/c1-8(14)12-5-2-9(3-6-12)13-7-4-10(13)11(15)16;;/h9-10H,2-7H2,1H3,(H,15,16);;. The van der Waals surface area contributed by atoms with Gasteiger partial charge in [-0.3, -0.25) is 14.5 Å². The van der Waals surface area contributed by atoms with Crippen molar-refractivity contribution in [3.63, 3.8) is 0 Å². The predicted molar refractivity (Wildman–Crippen MR) is 65.2 cm³/mol. The Hall–Kier alpha value is -0.503. The number of rotatable bonds is 2. The van der Waals surface area contributed by atoms with Crippen LogP contribution in [-0.2, 0) is 9.59 Å². The Bertz CT molecular complexity index is 303. The molecule has 0 bridgehead atoms. The van der Waals surface area contributed by atoms with Gasteiger partial charge in [0.25, 0.3) is 0 Å². The molecule has 5 nitrogen and oxygen atoms in total. The van der Waals surface area contributed by atoms with Crippen LogP contribution in [0.3, 0.4) is 0 Å². The Morgan fingerprint density at radius 1 is 1.12 bits per heavy atom. The number of carbonyl (C=O) groups is 2. The van der Waals surface area contributed by atoms with E-state index in [2.05, 4.69) is 4.90 Å². The molecule has 1 unspecified atom stereocenters. The van der Waals surface area contributed by atoms with Crippen molar-refractivity contribution in [3.8, 4) is 0 Å². The van der Waals surface area contributed by atoms with Gasteiger partial charge in [0.1, 0.15) is 6.04 Å². The average molecular weight is 234 g/mol. The average Bonchev–Trinajstić information content (AvgIpc) is 2.15. The topological polar surface area (TPSA) is 60.9 Å². The van der Waals surface area contributed by atoms with Crippen molar-refractivity contribution in [2.75, 3.05) is 19.6 Å². The van der Waals surface area contributed by atoms with Crippen LogP contribution in [-0.4, -0.2) is 77.4 Å². The van der Waals surface area contributed by atoms with Gasteiger partial charge in [-0.2, -0.15) is 0 Å². The van der Waals surface area contributed by atoms with E-state index in [-0.39, 0.29) is 30.8 Å². The molecule has 92 valence electrons. The minimum absolute atomic E-state index is 0. The molecule has 6 heteroatoms. The van der Waals surface area contributed by atoms with E-state index in [4.69, 9.17) is 5.11 Å². The second-order valence-corrected chi connectivity index (χ2v) is 4.62. The number of nitrogens with zero attached hydrogens (tertiary/aromatic N) is 2. The third-order valence-electron chi connectivity index (χ3n) is 3.72. The van der Waals surface area contributed by atoms with Crippen molar-refractivity contribution in [1.82, 2.24) is 9.80 Å². The molecule has 17 heavy (non-hydrogen) atoms. The molecule has 0 aromatic heterocycles. The van der Waals surface area contributed by atoms with E-state index in [0.717, 1.165) is 38.9 Å². The fourth-order valence-corrected chi connectivity index (χ4v) is 2.62. The molecule has 1 N–H and O–H groups in total. The molecule has 0 spiro atoms. The van der Waals surface area contributed by atoms with Crippen molar-refractivity contribution in [2.45, 2.75) is 38.3 Å². The fraction of sp³-hybridized carbons (Fsp3) is 0.818. The van der Waals surface area contributed by atoms with Crippen molar-refractivity contribution < 1.29 is 14.7 Å². The van der Waals surface area contributed by atoms with Crippen LogP contribution in [0, 0.1) is 0 Å². The maximum absolute atomic E-state index is 11.1. The number of piperidine rings is 1. The van der Waals surface area contributed by atoms with E-state index in [1.165, 1.54) is 0 Å². The van der Waals surface area contributed by atoms with E-state index in [9.17, 15) is 9.59 Å². The Morgan fingerprint density at radius 2 is 1.71 bits per heavy atom. The van der Waals surface area contributed by atoms with Crippen molar-refractivity contribution in [2.24, 2.45) is 0 Å². The monoisotopic (exact) mass is 234 g/mol. The summed E-state index contributed by atoms with van der Waals surface area (Å²) in [5, 5.41) is 8.97. The number of hydrogen-bond acceptors (Lipinski definition) is 3. The third-order valence-corrected chi connectivity index (χ3v) is 3.72. The number of carbonyl (C=O) groups excluding carboxylic acids is 1. The third kappa shape index (κ3) is 3.04. The molecule has 0 aromatic carbocycles. The molecule has 0 saturated carbocycles. The van der Waals surface area contributed by atoms with Gasteiger partial charge in [0, 0.05) is 32.6 Å².